The maximum absolute atomic E-state index is 12.2. The first kappa shape index (κ1) is 20.8. The van der Waals surface area contributed by atoms with Gasteiger partial charge in [-0.2, -0.15) is 0 Å². The Morgan fingerprint density at radius 2 is 1.85 bits per heavy atom. The molecule has 2 heterocycles. The van der Waals surface area contributed by atoms with Crippen LogP contribution in [-0.4, -0.2) is 36.8 Å². The summed E-state index contributed by atoms with van der Waals surface area (Å²) in [5.74, 6) is -2.65. The number of furan rings is 1. The fourth-order valence-corrected chi connectivity index (χ4v) is 3.52. The lowest BCUT2D eigenvalue weighted by atomic mass is 10.1. The molecule has 0 unspecified atom stereocenters. The van der Waals surface area contributed by atoms with E-state index in [1.807, 2.05) is 0 Å². The summed E-state index contributed by atoms with van der Waals surface area (Å²) in [6.45, 7) is 3.86. The second kappa shape index (κ2) is 8.96. The van der Waals surface area contributed by atoms with Crippen molar-refractivity contribution in [3.05, 3.63) is 37.7 Å². The molecule has 0 radical (unpaired) electrons. The van der Waals surface area contributed by atoms with Gasteiger partial charge in [-0.05, 0) is 48.8 Å². The van der Waals surface area contributed by atoms with Crippen molar-refractivity contribution < 1.29 is 33.1 Å². The van der Waals surface area contributed by atoms with Crippen molar-refractivity contribution in [2.24, 2.45) is 0 Å². The number of rotatable bonds is 7. The minimum Gasteiger partial charge on any atom is -0.462 e. The van der Waals surface area contributed by atoms with Crippen LogP contribution in [0, 0.1) is 6.92 Å². The van der Waals surface area contributed by atoms with Crippen molar-refractivity contribution in [3.63, 3.8) is 0 Å². The molecule has 10 heteroatoms. The largest absolute Gasteiger partial charge is 0.462 e. The van der Waals surface area contributed by atoms with Gasteiger partial charge in [-0.3, -0.25) is 14.9 Å². The van der Waals surface area contributed by atoms with Crippen LogP contribution in [0.15, 0.2) is 20.3 Å². The Labute approximate surface area is 166 Å². The normalized spacial score (nSPS) is 10.4. The SMILES string of the molecule is CCOC(=O)c1c(NC(=O)COC(=O)c2ccc(Br)s2)oc(C)c1C(C)=O. The molecule has 0 bridgehead atoms. The summed E-state index contributed by atoms with van der Waals surface area (Å²) in [4.78, 5) is 48.3. The van der Waals surface area contributed by atoms with Crippen molar-refractivity contribution in [3.8, 4) is 0 Å². The quantitative estimate of drug-likeness (QED) is 0.499. The Morgan fingerprint density at radius 3 is 2.41 bits per heavy atom. The number of hydrogen-bond acceptors (Lipinski definition) is 8. The number of thiophene rings is 1. The predicted octanol–water partition coefficient (Wildman–Crippen LogP) is 3.59. The zero-order valence-corrected chi connectivity index (χ0v) is 17.1. The first-order valence-corrected chi connectivity index (χ1v) is 9.39. The van der Waals surface area contributed by atoms with Crippen LogP contribution in [0.25, 0.3) is 0 Å². The molecule has 0 aliphatic carbocycles. The smallest absolute Gasteiger partial charge is 0.348 e. The van der Waals surface area contributed by atoms with Crippen LogP contribution in [0.5, 0.6) is 0 Å². The van der Waals surface area contributed by atoms with Crippen molar-refractivity contribution >= 4 is 56.8 Å². The van der Waals surface area contributed by atoms with Crippen LogP contribution in [0.4, 0.5) is 5.88 Å². The molecule has 0 fully saturated rings. The molecule has 2 aromatic rings. The van der Waals surface area contributed by atoms with E-state index in [0.29, 0.717) is 4.88 Å². The van der Waals surface area contributed by atoms with Gasteiger partial charge in [0.25, 0.3) is 5.91 Å². The second-order valence-corrected chi connectivity index (χ2v) is 7.71. The van der Waals surface area contributed by atoms with Gasteiger partial charge in [-0.15, -0.1) is 11.3 Å². The van der Waals surface area contributed by atoms with E-state index in [9.17, 15) is 19.2 Å². The number of anilines is 1. The van der Waals surface area contributed by atoms with E-state index in [0.717, 1.165) is 3.79 Å². The maximum Gasteiger partial charge on any atom is 0.348 e. The Bertz CT molecular complexity index is 899. The first-order chi connectivity index (χ1) is 12.7. The summed E-state index contributed by atoms with van der Waals surface area (Å²) in [6, 6.07) is 3.24. The van der Waals surface area contributed by atoms with E-state index in [4.69, 9.17) is 13.9 Å². The fraction of sp³-hybridized carbons (Fsp3) is 0.294. The summed E-state index contributed by atoms with van der Waals surface area (Å²) in [7, 11) is 0. The van der Waals surface area contributed by atoms with E-state index in [1.165, 1.54) is 25.2 Å². The highest BCUT2D eigenvalue weighted by Crippen LogP contribution is 2.28. The summed E-state index contributed by atoms with van der Waals surface area (Å²) in [5.41, 5.74) is -0.132. The second-order valence-electron chi connectivity index (χ2n) is 5.24. The zero-order chi connectivity index (χ0) is 20.1. The van der Waals surface area contributed by atoms with Gasteiger partial charge >= 0.3 is 11.9 Å². The number of ketones is 1. The number of amides is 1. The van der Waals surface area contributed by atoms with Gasteiger partial charge in [-0.25, -0.2) is 9.59 Å². The number of carbonyl (C=O) groups excluding carboxylic acids is 4. The molecule has 0 spiro atoms. The van der Waals surface area contributed by atoms with E-state index in [-0.39, 0.29) is 29.4 Å². The van der Waals surface area contributed by atoms with Gasteiger partial charge in [0, 0.05) is 0 Å². The van der Waals surface area contributed by atoms with Crippen LogP contribution in [-0.2, 0) is 14.3 Å². The Morgan fingerprint density at radius 1 is 1.15 bits per heavy atom. The Balaban J connectivity index is 2.12. The molecule has 0 aliphatic rings. The van der Waals surface area contributed by atoms with Crippen LogP contribution in [0.3, 0.4) is 0 Å². The third-order valence-corrected chi connectivity index (χ3v) is 4.88. The molecule has 0 saturated carbocycles. The number of Topliss-reactive ketones (excluding diaryl/α,β-unsaturated/α-hetero) is 1. The van der Waals surface area contributed by atoms with Crippen molar-refractivity contribution in [2.75, 3.05) is 18.5 Å². The number of esters is 2. The van der Waals surface area contributed by atoms with Gasteiger partial charge in [0.05, 0.1) is 16.0 Å². The number of aryl methyl sites for hydroxylation is 1. The lowest BCUT2D eigenvalue weighted by Gasteiger charge is -2.06. The van der Waals surface area contributed by atoms with Gasteiger partial charge in [0.1, 0.15) is 16.2 Å². The predicted molar refractivity (Wildman–Crippen MR) is 100 cm³/mol. The van der Waals surface area contributed by atoms with Crippen LogP contribution < -0.4 is 5.32 Å². The number of carbonyl (C=O) groups is 4. The third kappa shape index (κ3) is 5.04. The number of halogens is 1. The molecule has 2 aromatic heterocycles. The molecule has 1 N–H and O–H groups in total. The van der Waals surface area contributed by atoms with Gasteiger partial charge in [-0.1, -0.05) is 0 Å². The van der Waals surface area contributed by atoms with Crippen LogP contribution in [0.2, 0.25) is 0 Å². The molecule has 27 heavy (non-hydrogen) atoms. The Kier molecular flexibility index (Phi) is 6.92. The first-order valence-electron chi connectivity index (χ1n) is 7.78. The molecular formula is C17H16BrNO7S. The highest BCUT2D eigenvalue weighted by atomic mass is 79.9. The standard InChI is InChI=1S/C17H16BrNO7S/c1-4-24-17(23)14-13(8(2)20)9(3)26-15(14)19-12(21)7-25-16(22)10-5-6-11(18)27-10/h5-6H,4,7H2,1-3H3,(H,19,21). The number of nitrogens with one attached hydrogen (secondary N) is 1. The summed E-state index contributed by atoms with van der Waals surface area (Å²) in [6.07, 6.45) is 0. The molecule has 0 saturated heterocycles. The third-order valence-electron chi connectivity index (χ3n) is 3.28. The highest BCUT2D eigenvalue weighted by Gasteiger charge is 2.29. The Hall–Kier alpha value is -2.46. The molecule has 0 aliphatic heterocycles. The van der Waals surface area contributed by atoms with Crippen LogP contribution >= 0.6 is 27.3 Å². The average molecular weight is 458 g/mol. The zero-order valence-electron chi connectivity index (χ0n) is 14.7. The van der Waals surface area contributed by atoms with E-state index in [2.05, 4.69) is 21.2 Å². The monoisotopic (exact) mass is 457 g/mol. The summed E-state index contributed by atoms with van der Waals surface area (Å²) < 4.78 is 15.9. The lowest BCUT2D eigenvalue weighted by Crippen LogP contribution is -2.22. The molecule has 1 amide bonds. The van der Waals surface area contributed by atoms with Crippen molar-refractivity contribution in [2.45, 2.75) is 20.8 Å². The van der Waals surface area contributed by atoms with Gasteiger partial charge in [0.2, 0.25) is 5.88 Å². The van der Waals surface area contributed by atoms with Gasteiger partial charge in [0.15, 0.2) is 12.4 Å². The molecule has 144 valence electrons. The lowest BCUT2D eigenvalue weighted by molar-refractivity contribution is -0.119. The average Bonchev–Trinajstić information content (AvgIpc) is 3.16. The van der Waals surface area contributed by atoms with Crippen LogP contribution in [0.1, 0.15) is 50.0 Å². The summed E-state index contributed by atoms with van der Waals surface area (Å²) >= 11 is 4.39. The van der Waals surface area contributed by atoms with E-state index < -0.39 is 30.2 Å². The molecule has 0 atom stereocenters. The fourth-order valence-electron chi connectivity index (χ4n) is 2.24. The molecule has 8 nitrogen and oxygen atoms in total. The summed E-state index contributed by atoms with van der Waals surface area (Å²) in [5, 5.41) is 2.34. The molecule has 0 aromatic carbocycles. The van der Waals surface area contributed by atoms with Crippen molar-refractivity contribution in [1.29, 1.82) is 0 Å². The minimum atomic E-state index is -0.796. The van der Waals surface area contributed by atoms with Crippen molar-refractivity contribution in [1.82, 2.24) is 0 Å². The topological polar surface area (TPSA) is 112 Å². The van der Waals surface area contributed by atoms with E-state index in [1.54, 1.807) is 19.1 Å². The maximum atomic E-state index is 12.2. The highest BCUT2D eigenvalue weighted by molar-refractivity contribution is 9.11. The molecular weight excluding hydrogens is 442 g/mol. The number of hydrogen-bond donors (Lipinski definition) is 1. The van der Waals surface area contributed by atoms with E-state index >= 15 is 0 Å². The number of ether oxygens (including phenoxy) is 2. The molecule has 2 rings (SSSR count). The van der Waals surface area contributed by atoms with Gasteiger partial charge < -0.3 is 13.9 Å². The minimum absolute atomic E-state index is 0.0316.